The highest BCUT2D eigenvalue weighted by atomic mass is 16.4. The number of aliphatic carboxylic acids is 1. The van der Waals surface area contributed by atoms with Gasteiger partial charge in [0.15, 0.2) is 0 Å². The summed E-state index contributed by atoms with van der Waals surface area (Å²) in [7, 11) is 0. The maximum absolute atomic E-state index is 13.2. The van der Waals surface area contributed by atoms with E-state index in [0.717, 1.165) is 16.5 Å². The van der Waals surface area contributed by atoms with Gasteiger partial charge < -0.3 is 41.9 Å². The van der Waals surface area contributed by atoms with Gasteiger partial charge in [-0.05, 0) is 25.5 Å². The van der Waals surface area contributed by atoms with Crippen LogP contribution >= 0.6 is 0 Å². The molecule has 0 saturated heterocycles. The first-order chi connectivity index (χ1) is 17.6. The number of hydrogen-bond acceptors (Lipinski definition) is 7. The highest BCUT2D eigenvalue weighted by Gasteiger charge is 2.30. The summed E-state index contributed by atoms with van der Waals surface area (Å²) in [5.41, 5.74) is 7.83. The molecule has 9 N–H and O–H groups in total. The summed E-state index contributed by atoms with van der Waals surface area (Å²) in [5.74, 6) is -3.40. The Morgan fingerprint density at radius 1 is 0.973 bits per heavy atom. The van der Waals surface area contributed by atoms with Gasteiger partial charge >= 0.3 is 5.97 Å². The number of carboxylic acids is 1. The molecule has 37 heavy (non-hydrogen) atoms. The molecule has 2 heterocycles. The number of fused-ring (bicyclic) bond motifs is 1. The van der Waals surface area contributed by atoms with Gasteiger partial charge in [0.1, 0.15) is 24.2 Å². The minimum atomic E-state index is -1.27. The number of hydrogen-bond donors (Lipinski definition) is 8. The van der Waals surface area contributed by atoms with E-state index in [0.29, 0.717) is 5.69 Å². The van der Waals surface area contributed by atoms with Crippen molar-refractivity contribution in [3.8, 4) is 0 Å². The summed E-state index contributed by atoms with van der Waals surface area (Å²) in [4.78, 5) is 59.7. The van der Waals surface area contributed by atoms with Crippen LogP contribution in [0, 0.1) is 0 Å². The number of nitrogens with zero attached hydrogens (tertiary/aromatic N) is 1. The van der Waals surface area contributed by atoms with Gasteiger partial charge in [-0.25, -0.2) is 9.78 Å². The SMILES string of the molecule is CC(NC(=O)C(Cc1c[nH]c2ccccc12)NC(=O)C(N)C(C)O)C(=O)NC(Cc1cnc[nH]1)C(=O)O. The van der Waals surface area contributed by atoms with E-state index < -0.39 is 54.0 Å². The van der Waals surface area contributed by atoms with Gasteiger partial charge in [0, 0.05) is 41.8 Å². The van der Waals surface area contributed by atoms with Gasteiger partial charge in [0.25, 0.3) is 0 Å². The fourth-order valence-electron chi connectivity index (χ4n) is 3.71. The maximum atomic E-state index is 13.2. The molecule has 5 atom stereocenters. The van der Waals surface area contributed by atoms with Crippen LogP contribution in [-0.4, -0.2) is 79.1 Å². The molecular weight excluding hydrogens is 482 g/mol. The van der Waals surface area contributed by atoms with Crippen molar-refractivity contribution in [3.05, 3.63) is 54.2 Å². The summed E-state index contributed by atoms with van der Waals surface area (Å²) in [5, 5.41) is 27.5. The second kappa shape index (κ2) is 12.1. The van der Waals surface area contributed by atoms with Crippen LogP contribution in [0.1, 0.15) is 25.1 Å². The van der Waals surface area contributed by atoms with Crippen LogP contribution in [0.2, 0.25) is 0 Å². The van der Waals surface area contributed by atoms with Crippen molar-refractivity contribution in [2.75, 3.05) is 0 Å². The number of aliphatic hydroxyl groups excluding tert-OH is 1. The third kappa shape index (κ3) is 7.15. The zero-order valence-corrected chi connectivity index (χ0v) is 20.4. The molecule has 13 nitrogen and oxygen atoms in total. The molecule has 0 saturated carbocycles. The lowest BCUT2D eigenvalue weighted by Gasteiger charge is -2.24. The number of H-pyrrole nitrogens is 2. The Morgan fingerprint density at radius 3 is 2.32 bits per heavy atom. The monoisotopic (exact) mass is 513 g/mol. The molecule has 0 spiro atoms. The lowest BCUT2D eigenvalue weighted by molar-refractivity contribution is -0.142. The van der Waals surface area contributed by atoms with Crippen LogP contribution in [0.15, 0.2) is 43.0 Å². The number of para-hydroxylation sites is 1. The Kier molecular flexibility index (Phi) is 8.98. The zero-order chi connectivity index (χ0) is 27.1. The van der Waals surface area contributed by atoms with Crippen molar-refractivity contribution in [2.24, 2.45) is 5.73 Å². The molecule has 0 fully saturated rings. The molecule has 0 radical (unpaired) electrons. The third-order valence-corrected chi connectivity index (χ3v) is 5.90. The number of nitrogens with two attached hydrogens (primary N) is 1. The first-order valence-electron chi connectivity index (χ1n) is 11.7. The van der Waals surface area contributed by atoms with Crippen LogP contribution in [0.4, 0.5) is 0 Å². The molecule has 2 aromatic heterocycles. The summed E-state index contributed by atoms with van der Waals surface area (Å²) in [6, 6.07) is 2.65. The zero-order valence-electron chi connectivity index (χ0n) is 20.4. The summed E-state index contributed by atoms with van der Waals surface area (Å²) in [6.45, 7) is 2.75. The van der Waals surface area contributed by atoms with Crippen LogP contribution in [0.25, 0.3) is 10.9 Å². The topological polar surface area (TPSA) is 215 Å². The fourth-order valence-corrected chi connectivity index (χ4v) is 3.71. The van der Waals surface area contributed by atoms with E-state index in [-0.39, 0.29) is 12.8 Å². The maximum Gasteiger partial charge on any atom is 0.326 e. The number of carboxylic acid groups (broad SMARTS) is 1. The highest BCUT2D eigenvalue weighted by Crippen LogP contribution is 2.19. The Bertz CT molecular complexity index is 1240. The second-order valence-corrected chi connectivity index (χ2v) is 8.80. The predicted octanol–water partition coefficient (Wildman–Crippen LogP) is -1.06. The number of rotatable bonds is 12. The molecule has 13 heteroatoms. The summed E-state index contributed by atoms with van der Waals surface area (Å²) in [6.07, 6.45) is 3.45. The van der Waals surface area contributed by atoms with Gasteiger partial charge in [-0.15, -0.1) is 0 Å². The Hall–Kier alpha value is -4.23. The van der Waals surface area contributed by atoms with E-state index in [2.05, 4.69) is 30.9 Å². The molecular formula is C24H31N7O6. The van der Waals surface area contributed by atoms with E-state index in [1.807, 2.05) is 24.3 Å². The normalized spacial score (nSPS) is 15.2. The lowest BCUT2D eigenvalue weighted by atomic mass is 10.0. The standard InChI is InChI=1S/C24H31N7O6/c1-12(21(33)31-19(24(36)37)8-15-10-26-11-28-15)29-22(34)18(30-23(35)20(25)13(2)32)7-14-9-27-17-6-4-3-5-16(14)17/h3-6,9-13,18-20,27,32H,7-8,25H2,1-2H3,(H,26,28)(H,29,34)(H,30,35)(H,31,33)(H,36,37). The predicted molar refractivity (Wildman–Crippen MR) is 133 cm³/mol. The van der Waals surface area contributed by atoms with Gasteiger partial charge in [0.05, 0.1) is 12.4 Å². The molecule has 0 aliphatic carbocycles. The van der Waals surface area contributed by atoms with E-state index in [1.54, 1.807) is 6.20 Å². The number of carbonyl (C=O) groups excluding carboxylic acids is 3. The van der Waals surface area contributed by atoms with E-state index in [9.17, 15) is 29.4 Å². The number of aliphatic hydroxyl groups is 1. The lowest BCUT2D eigenvalue weighted by Crippen LogP contribution is -2.58. The van der Waals surface area contributed by atoms with Gasteiger partial charge in [0.2, 0.25) is 17.7 Å². The summed E-state index contributed by atoms with van der Waals surface area (Å²) >= 11 is 0. The fraction of sp³-hybridized carbons (Fsp3) is 0.375. The molecule has 0 aliphatic rings. The van der Waals surface area contributed by atoms with Crippen LogP contribution < -0.4 is 21.7 Å². The second-order valence-electron chi connectivity index (χ2n) is 8.80. The molecule has 1 aromatic carbocycles. The van der Waals surface area contributed by atoms with E-state index in [1.165, 1.54) is 26.4 Å². The quantitative estimate of drug-likeness (QED) is 0.149. The molecule has 198 valence electrons. The van der Waals surface area contributed by atoms with Crippen LogP contribution in [0.3, 0.4) is 0 Å². The molecule has 0 aliphatic heterocycles. The Balaban J connectivity index is 1.72. The highest BCUT2D eigenvalue weighted by molar-refractivity contribution is 5.94. The number of aromatic nitrogens is 3. The minimum absolute atomic E-state index is 0.0295. The average Bonchev–Trinajstić information content (AvgIpc) is 3.52. The van der Waals surface area contributed by atoms with Gasteiger partial charge in [-0.3, -0.25) is 14.4 Å². The largest absolute Gasteiger partial charge is 0.480 e. The smallest absolute Gasteiger partial charge is 0.326 e. The first kappa shape index (κ1) is 27.4. The number of benzene rings is 1. The van der Waals surface area contributed by atoms with Crippen molar-refractivity contribution < 1.29 is 29.4 Å². The van der Waals surface area contributed by atoms with Crippen LogP contribution in [0.5, 0.6) is 0 Å². The number of carbonyl (C=O) groups is 4. The number of amides is 3. The van der Waals surface area contributed by atoms with E-state index >= 15 is 0 Å². The summed E-state index contributed by atoms with van der Waals surface area (Å²) < 4.78 is 0. The van der Waals surface area contributed by atoms with Crippen LogP contribution in [-0.2, 0) is 32.0 Å². The Labute approximate surface area is 212 Å². The molecule has 5 unspecified atom stereocenters. The van der Waals surface area contributed by atoms with Crippen molar-refractivity contribution >= 4 is 34.6 Å². The van der Waals surface area contributed by atoms with E-state index in [4.69, 9.17) is 5.73 Å². The molecule has 0 bridgehead atoms. The van der Waals surface area contributed by atoms with Gasteiger partial charge in [-0.2, -0.15) is 0 Å². The number of nitrogens with one attached hydrogen (secondary N) is 5. The van der Waals surface area contributed by atoms with Gasteiger partial charge in [-0.1, -0.05) is 18.2 Å². The van der Waals surface area contributed by atoms with Crippen molar-refractivity contribution in [3.63, 3.8) is 0 Å². The van der Waals surface area contributed by atoms with Crippen molar-refractivity contribution in [2.45, 2.75) is 57.0 Å². The Morgan fingerprint density at radius 2 is 1.68 bits per heavy atom. The minimum Gasteiger partial charge on any atom is -0.480 e. The average molecular weight is 514 g/mol. The third-order valence-electron chi connectivity index (χ3n) is 5.90. The molecule has 3 aromatic rings. The number of aromatic amines is 2. The molecule has 3 amide bonds. The van der Waals surface area contributed by atoms with Crippen molar-refractivity contribution in [1.82, 2.24) is 30.9 Å². The molecule has 3 rings (SSSR count). The number of imidazole rings is 1. The van der Waals surface area contributed by atoms with Crippen molar-refractivity contribution in [1.29, 1.82) is 0 Å². The first-order valence-corrected chi connectivity index (χ1v) is 11.7.